The minimum absolute atomic E-state index is 0.132. The van der Waals surface area contributed by atoms with Crippen molar-refractivity contribution in [2.45, 2.75) is 6.43 Å². The maximum Gasteiger partial charge on any atom is 0.264 e. The average molecular weight is 496 g/mol. The molecule has 0 unspecified atom stereocenters. The number of anilines is 1. The summed E-state index contributed by atoms with van der Waals surface area (Å²) in [5, 5.41) is 10.2. The number of carbonyl (C=O) groups is 1. The molecule has 0 fully saturated rings. The highest BCUT2D eigenvalue weighted by atomic mass is 35.5. The fourth-order valence-corrected chi connectivity index (χ4v) is 3.55. The van der Waals surface area contributed by atoms with Crippen LogP contribution in [0.4, 0.5) is 23.2 Å². The molecular weight excluding hydrogens is 485 g/mol. The van der Waals surface area contributed by atoms with Crippen molar-refractivity contribution in [2.24, 2.45) is 0 Å². The second kappa shape index (κ2) is 9.16. The largest absolute Gasteiger partial charge is 0.320 e. The predicted molar refractivity (Wildman–Crippen MR) is 114 cm³/mol. The second-order valence-electron chi connectivity index (χ2n) is 6.65. The Balaban J connectivity index is 1.63. The van der Waals surface area contributed by atoms with Gasteiger partial charge in [-0.3, -0.25) is 4.79 Å². The lowest BCUT2D eigenvalue weighted by molar-refractivity contribution is 0.102. The lowest BCUT2D eigenvalue weighted by Gasteiger charge is -2.13. The number of aromatic nitrogens is 4. The fraction of sp³-hybridized carbons (Fsp3) is 0.0476. The molecule has 6 nitrogen and oxygen atoms in total. The molecule has 0 spiro atoms. The number of amides is 1. The van der Waals surface area contributed by atoms with Gasteiger partial charge in [0.25, 0.3) is 12.3 Å². The van der Waals surface area contributed by atoms with Crippen molar-refractivity contribution < 1.29 is 22.4 Å². The van der Waals surface area contributed by atoms with E-state index in [1.807, 2.05) is 0 Å². The molecule has 0 aliphatic rings. The fourth-order valence-electron chi connectivity index (χ4n) is 3.06. The Labute approximate surface area is 193 Å². The first-order valence-corrected chi connectivity index (χ1v) is 9.90. The molecule has 12 heteroatoms. The van der Waals surface area contributed by atoms with Crippen LogP contribution in [-0.4, -0.2) is 25.9 Å². The molecule has 2 heterocycles. The van der Waals surface area contributed by atoms with E-state index in [0.717, 1.165) is 24.3 Å². The Kier molecular flexibility index (Phi) is 6.30. The van der Waals surface area contributed by atoms with E-state index in [0.29, 0.717) is 6.07 Å². The smallest absolute Gasteiger partial charge is 0.264 e. The summed E-state index contributed by atoms with van der Waals surface area (Å²) >= 11 is 12.3. The van der Waals surface area contributed by atoms with Crippen LogP contribution in [0.1, 0.15) is 22.3 Å². The lowest BCUT2D eigenvalue weighted by Crippen LogP contribution is -2.14. The van der Waals surface area contributed by atoms with Crippen LogP contribution in [0.15, 0.2) is 55.0 Å². The summed E-state index contributed by atoms with van der Waals surface area (Å²) in [5.74, 6) is -2.45. The number of hydrogen-bond donors (Lipinski definition) is 1. The van der Waals surface area contributed by atoms with Crippen molar-refractivity contribution in [3.05, 3.63) is 87.8 Å². The molecule has 0 aliphatic carbocycles. The summed E-state index contributed by atoms with van der Waals surface area (Å²) in [7, 11) is 0. The van der Waals surface area contributed by atoms with Gasteiger partial charge in [0, 0.05) is 11.1 Å². The van der Waals surface area contributed by atoms with Gasteiger partial charge >= 0.3 is 0 Å². The van der Waals surface area contributed by atoms with Crippen molar-refractivity contribution in [3.8, 4) is 16.9 Å². The molecule has 0 saturated heterocycles. The number of benzene rings is 2. The summed E-state index contributed by atoms with van der Waals surface area (Å²) in [6.07, 6.45) is 1.11. The van der Waals surface area contributed by atoms with Crippen LogP contribution in [-0.2, 0) is 0 Å². The topological polar surface area (TPSA) is 72.7 Å². The van der Waals surface area contributed by atoms with Gasteiger partial charge < -0.3 is 5.32 Å². The van der Waals surface area contributed by atoms with Crippen LogP contribution < -0.4 is 5.32 Å². The van der Waals surface area contributed by atoms with Gasteiger partial charge in [-0.05, 0) is 35.9 Å². The first-order chi connectivity index (χ1) is 15.7. The number of hydrogen-bond acceptors (Lipinski definition) is 4. The number of nitrogens with one attached hydrogen (secondary N) is 1. The molecule has 0 radical (unpaired) electrons. The maximum absolute atomic E-state index is 14.8. The normalized spacial score (nSPS) is 11.1. The number of nitrogens with zero attached hydrogens (tertiary/aromatic N) is 4. The number of rotatable bonds is 5. The van der Waals surface area contributed by atoms with Crippen molar-refractivity contribution in [1.82, 2.24) is 20.0 Å². The average Bonchev–Trinajstić information content (AvgIpc) is 3.29. The summed E-state index contributed by atoms with van der Waals surface area (Å²) in [4.78, 5) is 17.9. The van der Waals surface area contributed by atoms with Crippen molar-refractivity contribution in [3.63, 3.8) is 0 Å². The van der Waals surface area contributed by atoms with E-state index in [9.17, 15) is 22.4 Å². The molecule has 0 aliphatic heterocycles. The zero-order valence-electron chi connectivity index (χ0n) is 16.2. The van der Waals surface area contributed by atoms with Gasteiger partial charge in [0.05, 0.1) is 39.9 Å². The third-order valence-corrected chi connectivity index (χ3v) is 5.12. The number of halogens is 6. The minimum atomic E-state index is -3.05. The molecule has 168 valence electrons. The van der Waals surface area contributed by atoms with E-state index in [-0.39, 0.29) is 38.2 Å². The van der Waals surface area contributed by atoms with E-state index in [1.165, 1.54) is 29.5 Å². The van der Waals surface area contributed by atoms with E-state index in [2.05, 4.69) is 20.5 Å². The summed E-state index contributed by atoms with van der Waals surface area (Å²) in [5.41, 5.74) is -1.31. The molecule has 0 saturated carbocycles. The number of carbonyl (C=O) groups excluding carboxylic acids is 1. The van der Waals surface area contributed by atoms with Crippen LogP contribution in [0, 0.1) is 11.6 Å². The highest BCUT2D eigenvalue weighted by Gasteiger charge is 2.21. The lowest BCUT2D eigenvalue weighted by atomic mass is 9.97. The molecular formula is C21H11Cl2F4N5O. The molecule has 2 aromatic heterocycles. The standard InChI is InChI=1S/C21H11Cl2F4N5O/c22-16-7-13(12-2-1-10(24)5-14(12)19(26)27)18(25)8-15(16)21(33)31-11-6-17(23)20(28-9-11)32-29-3-4-30-32/h1-9,19H,(H,31,33). The summed E-state index contributed by atoms with van der Waals surface area (Å²) in [6.45, 7) is 0. The van der Waals surface area contributed by atoms with Gasteiger partial charge in [0.2, 0.25) is 0 Å². The van der Waals surface area contributed by atoms with Crippen LogP contribution in [0.2, 0.25) is 10.0 Å². The Morgan fingerprint density at radius 1 is 0.970 bits per heavy atom. The first kappa shape index (κ1) is 22.7. The van der Waals surface area contributed by atoms with E-state index in [4.69, 9.17) is 23.2 Å². The van der Waals surface area contributed by atoms with Crippen LogP contribution >= 0.6 is 23.2 Å². The van der Waals surface area contributed by atoms with Crippen molar-refractivity contribution in [1.29, 1.82) is 0 Å². The van der Waals surface area contributed by atoms with Crippen LogP contribution in [0.25, 0.3) is 16.9 Å². The van der Waals surface area contributed by atoms with Gasteiger partial charge in [-0.2, -0.15) is 10.2 Å². The summed E-state index contributed by atoms with van der Waals surface area (Å²) < 4.78 is 54.8. The molecule has 1 N–H and O–H groups in total. The Bertz CT molecular complexity index is 1350. The van der Waals surface area contributed by atoms with Gasteiger partial charge in [0.15, 0.2) is 5.82 Å². The number of alkyl halides is 2. The first-order valence-electron chi connectivity index (χ1n) is 9.15. The van der Waals surface area contributed by atoms with Gasteiger partial charge in [0.1, 0.15) is 11.6 Å². The zero-order chi connectivity index (χ0) is 23.7. The molecule has 4 aromatic rings. The van der Waals surface area contributed by atoms with E-state index < -0.39 is 29.5 Å². The predicted octanol–water partition coefficient (Wildman–Crippen LogP) is 6.10. The summed E-state index contributed by atoms with van der Waals surface area (Å²) in [6, 6.07) is 5.79. The molecule has 0 atom stereocenters. The van der Waals surface area contributed by atoms with Crippen molar-refractivity contribution >= 4 is 34.8 Å². The highest BCUT2D eigenvalue weighted by Crippen LogP contribution is 2.36. The molecule has 4 rings (SSSR count). The van der Waals surface area contributed by atoms with Crippen molar-refractivity contribution in [2.75, 3.05) is 5.32 Å². The highest BCUT2D eigenvalue weighted by molar-refractivity contribution is 6.35. The van der Waals surface area contributed by atoms with Crippen LogP contribution in [0.3, 0.4) is 0 Å². The molecule has 33 heavy (non-hydrogen) atoms. The molecule has 0 bridgehead atoms. The zero-order valence-corrected chi connectivity index (χ0v) is 17.8. The third kappa shape index (κ3) is 4.67. The maximum atomic E-state index is 14.8. The SMILES string of the molecule is O=C(Nc1cnc(-n2nccn2)c(Cl)c1)c1cc(F)c(-c2ccc(F)cc2C(F)F)cc1Cl. The Hall–Kier alpha value is -3.50. The quantitative estimate of drug-likeness (QED) is 0.339. The molecule has 2 aromatic carbocycles. The third-order valence-electron chi connectivity index (χ3n) is 4.53. The van der Waals surface area contributed by atoms with E-state index in [1.54, 1.807) is 0 Å². The number of pyridine rings is 1. The molecule has 1 amide bonds. The Morgan fingerprint density at radius 3 is 2.36 bits per heavy atom. The van der Waals surface area contributed by atoms with Crippen LogP contribution in [0.5, 0.6) is 0 Å². The van der Waals surface area contributed by atoms with E-state index >= 15 is 0 Å². The van der Waals surface area contributed by atoms with Gasteiger partial charge in [-0.15, -0.1) is 4.80 Å². The monoisotopic (exact) mass is 495 g/mol. The minimum Gasteiger partial charge on any atom is -0.320 e. The van der Waals surface area contributed by atoms with Gasteiger partial charge in [-0.1, -0.05) is 29.3 Å². The second-order valence-corrected chi connectivity index (χ2v) is 7.46. The van der Waals surface area contributed by atoms with Gasteiger partial charge in [-0.25, -0.2) is 22.5 Å². The Morgan fingerprint density at radius 2 is 1.70 bits per heavy atom.